The standard InChI is InChI=1S/C19H13FN4OS/c20-15-6-1-2-7-16(15)23-19-24(22-12-14-5-3-9-21-11-14)17(13-26-19)18-8-4-10-25-18/h1-13H/b22-12+,23-19?. The summed E-state index contributed by atoms with van der Waals surface area (Å²) in [7, 11) is 0. The summed E-state index contributed by atoms with van der Waals surface area (Å²) in [4.78, 5) is 9.02. The minimum Gasteiger partial charge on any atom is -0.463 e. The number of hydrogen-bond acceptors (Lipinski definition) is 5. The molecule has 0 saturated heterocycles. The summed E-state index contributed by atoms with van der Waals surface area (Å²) < 4.78 is 21.1. The lowest BCUT2D eigenvalue weighted by Crippen LogP contribution is -2.11. The average Bonchev–Trinajstić information content (AvgIpc) is 3.32. The van der Waals surface area contributed by atoms with Crippen molar-refractivity contribution in [2.24, 2.45) is 10.1 Å². The van der Waals surface area contributed by atoms with Crippen LogP contribution in [0.1, 0.15) is 5.56 Å². The van der Waals surface area contributed by atoms with Gasteiger partial charge in [-0.3, -0.25) is 4.98 Å². The molecule has 0 N–H and O–H groups in total. The van der Waals surface area contributed by atoms with E-state index < -0.39 is 0 Å². The lowest BCUT2D eigenvalue weighted by Gasteiger charge is -2.01. The van der Waals surface area contributed by atoms with Crippen LogP contribution < -0.4 is 4.80 Å². The van der Waals surface area contributed by atoms with Gasteiger partial charge in [-0.2, -0.15) is 5.10 Å². The number of benzene rings is 1. The molecule has 0 aliphatic heterocycles. The second kappa shape index (κ2) is 7.28. The van der Waals surface area contributed by atoms with Crippen molar-refractivity contribution in [3.8, 4) is 11.5 Å². The molecule has 128 valence electrons. The number of thiazole rings is 1. The predicted molar refractivity (Wildman–Crippen MR) is 98.9 cm³/mol. The van der Waals surface area contributed by atoms with Crippen LogP contribution in [0.2, 0.25) is 0 Å². The van der Waals surface area contributed by atoms with Crippen molar-refractivity contribution in [3.05, 3.63) is 88.7 Å². The summed E-state index contributed by atoms with van der Waals surface area (Å²) in [5.41, 5.74) is 1.83. The zero-order valence-corrected chi connectivity index (χ0v) is 14.3. The Morgan fingerprint density at radius 2 is 2.04 bits per heavy atom. The van der Waals surface area contributed by atoms with Gasteiger partial charge in [0.05, 0.1) is 12.5 Å². The van der Waals surface area contributed by atoms with Gasteiger partial charge in [0.15, 0.2) is 5.76 Å². The van der Waals surface area contributed by atoms with Gasteiger partial charge in [0, 0.05) is 23.3 Å². The van der Waals surface area contributed by atoms with Gasteiger partial charge in [-0.1, -0.05) is 18.2 Å². The second-order valence-corrected chi connectivity index (χ2v) is 6.12. The van der Waals surface area contributed by atoms with Gasteiger partial charge >= 0.3 is 0 Å². The molecule has 5 nitrogen and oxygen atoms in total. The topological polar surface area (TPSA) is 55.7 Å². The molecule has 0 bridgehead atoms. The summed E-state index contributed by atoms with van der Waals surface area (Å²) in [5, 5.41) is 6.38. The van der Waals surface area contributed by atoms with E-state index in [2.05, 4.69) is 15.1 Å². The molecule has 0 atom stereocenters. The Bertz CT molecular complexity index is 1100. The zero-order valence-electron chi connectivity index (χ0n) is 13.5. The van der Waals surface area contributed by atoms with Crippen molar-refractivity contribution < 1.29 is 8.81 Å². The number of rotatable bonds is 4. The molecule has 0 aliphatic carbocycles. The fourth-order valence-corrected chi connectivity index (χ4v) is 3.14. The van der Waals surface area contributed by atoms with Crippen molar-refractivity contribution in [3.63, 3.8) is 0 Å². The molecule has 4 rings (SSSR count). The highest BCUT2D eigenvalue weighted by atomic mass is 32.1. The maximum absolute atomic E-state index is 14.0. The monoisotopic (exact) mass is 364 g/mol. The van der Waals surface area contributed by atoms with E-state index in [0.717, 1.165) is 11.3 Å². The third-order valence-corrected chi connectivity index (χ3v) is 4.35. The highest BCUT2D eigenvalue weighted by Crippen LogP contribution is 2.22. The van der Waals surface area contributed by atoms with Crippen LogP contribution in [0.25, 0.3) is 11.5 Å². The smallest absolute Gasteiger partial charge is 0.211 e. The molecule has 4 aromatic rings. The summed E-state index contributed by atoms with van der Waals surface area (Å²) in [6, 6.07) is 13.7. The molecule has 0 radical (unpaired) electrons. The van der Waals surface area contributed by atoms with Crippen LogP contribution in [0.4, 0.5) is 10.1 Å². The molecule has 0 aliphatic rings. The summed E-state index contributed by atoms with van der Waals surface area (Å²) in [6.07, 6.45) is 6.67. The van der Waals surface area contributed by atoms with Gasteiger partial charge in [0.1, 0.15) is 17.2 Å². The van der Waals surface area contributed by atoms with E-state index in [4.69, 9.17) is 4.42 Å². The first-order valence-corrected chi connectivity index (χ1v) is 8.67. The quantitative estimate of drug-likeness (QED) is 0.502. The SMILES string of the molecule is Fc1ccccc1N=c1scc(-c2ccco2)n1/N=C/c1cccnc1. The Balaban J connectivity index is 1.85. The van der Waals surface area contributed by atoms with Crippen LogP contribution in [-0.4, -0.2) is 15.9 Å². The van der Waals surface area contributed by atoms with Crippen LogP contribution in [0, 0.1) is 5.82 Å². The largest absolute Gasteiger partial charge is 0.463 e. The Labute approximate surface area is 152 Å². The number of hydrogen-bond donors (Lipinski definition) is 0. The molecule has 0 amide bonds. The first-order chi connectivity index (χ1) is 12.8. The normalized spacial score (nSPS) is 12.1. The molecule has 0 fully saturated rings. The molecule has 1 aromatic carbocycles. The van der Waals surface area contributed by atoms with Gasteiger partial charge in [0.25, 0.3) is 0 Å². The van der Waals surface area contributed by atoms with E-state index in [1.54, 1.807) is 53.8 Å². The van der Waals surface area contributed by atoms with Crippen molar-refractivity contribution in [1.82, 2.24) is 9.66 Å². The highest BCUT2D eigenvalue weighted by molar-refractivity contribution is 7.07. The molecule has 0 saturated carbocycles. The van der Waals surface area contributed by atoms with Crippen LogP contribution >= 0.6 is 11.3 Å². The molecule has 0 unspecified atom stereocenters. The number of nitrogens with zero attached hydrogens (tertiary/aromatic N) is 4. The van der Waals surface area contributed by atoms with E-state index in [1.165, 1.54) is 17.4 Å². The van der Waals surface area contributed by atoms with E-state index in [-0.39, 0.29) is 11.5 Å². The minimum absolute atomic E-state index is 0.255. The molecular formula is C19H13FN4OS. The van der Waals surface area contributed by atoms with E-state index >= 15 is 0 Å². The molecule has 0 spiro atoms. The molecule has 26 heavy (non-hydrogen) atoms. The first kappa shape index (κ1) is 16.2. The Morgan fingerprint density at radius 1 is 1.12 bits per heavy atom. The van der Waals surface area contributed by atoms with E-state index in [1.807, 2.05) is 23.6 Å². The third-order valence-electron chi connectivity index (χ3n) is 3.53. The van der Waals surface area contributed by atoms with Crippen molar-refractivity contribution in [2.45, 2.75) is 0 Å². The lowest BCUT2D eigenvalue weighted by molar-refractivity contribution is 0.575. The van der Waals surface area contributed by atoms with Crippen LogP contribution in [0.5, 0.6) is 0 Å². The Hall–Kier alpha value is -3.32. The number of furan rings is 1. The maximum Gasteiger partial charge on any atom is 0.211 e. The number of para-hydroxylation sites is 1. The first-order valence-electron chi connectivity index (χ1n) is 7.79. The molecule has 3 aromatic heterocycles. The predicted octanol–water partition coefficient (Wildman–Crippen LogP) is 4.46. The van der Waals surface area contributed by atoms with Gasteiger partial charge in [0.2, 0.25) is 4.80 Å². The van der Waals surface area contributed by atoms with Gasteiger partial charge in [-0.25, -0.2) is 14.1 Å². The lowest BCUT2D eigenvalue weighted by atomic mass is 10.3. The van der Waals surface area contributed by atoms with E-state index in [9.17, 15) is 4.39 Å². The fraction of sp³-hybridized carbons (Fsp3) is 0. The third kappa shape index (κ3) is 3.38. The molecule has 3 heterocycles. The minimum atomic E-state index is -0.386. The van der Waals surface area contributed by atoms with Crippen molar-refractivity contribution in [1.29, 1.82) is 0 Å². The van der Waals surface area contributed by atoms with Gasteiger partial charge in [-0.05, 0) is 30.3 Å². The number of halogens is 1. The van der Waals surface area contributed by atoms with Crippen LogP contribution in [-0.2, 0) is 0 Å². The number of pyridine rings is 1. The Morgan fingerprint density at radius 3 is 2.81 bits per heavy atom. The van der Waals surface area contributed by atoms with Crippen LogP contribution in [0.15, 0.2) is 87.1 Å². The van der Waals surface area contributed by atoms with Gasteiger partial charge in [-0.15, -0.1) is 11.3 Å². The molecular weight excluding hydrogens is 351 g/mol. The van der Waals surface area contributed by atoms with E-state index in [0.29, 0.717) is 10.6 Å². The maximum atomic E-state index is 14.0. The fourth-order valence-electron chi connectivity index (χ4n) is 2.31. The van der Waals surface area contributed by atoms with Crippen LogP contribution in [0.3, 0.4) is 0 Å². The molecule has 7 heteroatoms. The van der Waals surface area contributed by atoms with Crippen molar-refractivity contribution >= 4 is 23.2 Å². The summed E-state index contributed by atoms with van der Waals surface area (Å²) >= 11 is 1.35. The number of aromatic nitrogens is 2. The summed E-state index contributed by atoms with van der Waals surface area (Å²) in [6.45, 7) is 0. The van der Waals surface area contributed by atoms with Crippen molar-refractivity contribution in [2.75, 3.05) is 0 Å². The summed E-state index contributed by atoms with van der Waals surface area (Å²) in [5.74, 6) is 0.266. The highest BCUT2D eigenvalue weighted by Gasteiger charge is 2.10. The Kier molecular flexibility index (Phi) is 4.53. The van der Waals surface area contributed by atoms with Gasteiger partial charge < -0.3 is 4.42 Å². The average molecular weight is 364 g/mol. The zero-order chi connectivity index (χ0) is 17.8. The second-order valence-electron chi connectivity index (χ2n) is 5.29.